The first-order valence-electron chi connectivity index (χ1n) is 6.40. The molecule has 4 nitrogen and oxygen atoms in total. The Morgan fingerprint density at radius 2 is 2.06 bits per heavy atom. The van der Waals surface area contributed by atoms with E-state index < -0.39 is 0 Å². The number of hydrogen-bond acceptors (Lipinski definition) is 4. The fourth-order valence-electron chi connectivity index (χ4n) is 1.87. The summed E-state index contributed by atoms with van der Waals surface area (Å²) in [6.45, 7) is 10.9. The van der Waals surface area contributed by atoms with Gasteiger partial charge in [0.25, 0.3) is 0 Å². The standard InChI is InChI=1S/C14H25N3O/c1-10(2)17(6-7-18-5)9-13-12(4)14(15)11(3)8-16-13/h8,10H,6-7,9H2,1-5H3,(H2,15,16). The molecule has 0 aliphatic rings. The lowest BCUT2D eigenvalue weighted by Crippen LogP contribution is -2.34. The van der Waals surface area contributed by atoms with Crippen LogP contribution < -0.4 is 5.73 Å². The van der Waals surface area contributed by atoms with Crippen LogP contribution in [0.25, 0.3) is 0 Å². The number of nitrogens with two attached hydrogens (primary N) is 1. The molecule has 102 valence electrons. The van der Waals surface area contributed by atoms with Crippen molar-refractivity contribution >= 4 is 5.69 Å². The highest BCUT2D eigenvalue weighted by Gasteiger charge is 2.13. The Kier molecular flexibility index (Phi) is 5.56. The van der Waals surface area contributed by atoms with Crippen LogP contribution in [-0.4, -0.2) is 36.2 Å². The van der Waals surface area contributed by atoms with Crippen molar-refractivity contribution in [3.05, 3.63) is 23.0 Å². The van der Waals surface area contributed by atoms with Crippen LogP contribution in [-0.2, 0) is 11.3 Å². The molecule has 0 fully saturated rings. The topological polar surface area (TPSA) is 51.4 Å². The number of rotatable bonds is 6. The highest BCUT2D eigenvalue weighted by atomic mass is 16.5. The van der Waals surface area contributed by atoms with Crippen LogP contribution >= 0.6 is 0 Å². The van der Waals surface area contributed by atoms with Gasteiger partial charge in [0.15, 0.2) is 0 Å². The Bertz CT molecular complexity index is 391. The SMILES string of the molecule is COCCN(Cc1ncc(C)c(N)c1C)C(C)C. The molecule has 0 atom stereocenters. The number of anilines is 1. The van der Waals surface area contributed by atoms with E-state index in [0.717, 1.165) is 42.2 Å². The molecule has 1 aromatic rings. The summed E-state index contributed by atoms with van der Waals surface area (Å²) in [5.74, 6) is 0. The monoisotopic (exact) mass is 251 g/mol. The third-order valence-corrected chi connectivity index (χ3v) is 3.34. The molecular formula is C14H25N3O. The predicted molar refractivity (Wildman–Crippen MR) is 75.5 cm³/mol. The molecule has 0 radical (unpaired) electrons. The normalized spacial score (nSPS) is 11.5. The minimum atomic E-state index is 0.462. The Morgan fingerprint density at radius 1 is 1.39 bits per heavy atom. The summed E-state index contributed by atoms with van der Waals surface area (Å²) in [6.07, 6.45) is 1.85. The minimum absolute atomic E-state index is 0.462. The molecule has 0 amide bonds. The second-order valence-electron chi connectivity index (χ2n) is 4.98. The second-order valence-corrected chi connectivity index (χ2v) is 4.98. The van der Waals surface area contributed by atoms with Crippen LogP contribution in [0.3, 0.4) is 0 Å². The van der Waals surface area contributed by atoms with E-state index in [0.29, 0.717) is 6.04 Å². The molecule has 1 rings (SSSR count). The largest absolute Gasteiger partial charge is 0.398 e. The lowest BCUT2D eigenvalue weighted by molar-refractivity contribution is 0.124. The van der Waals surface area contributed by atoms with Gasteiger partial charge in [-0.25, -0.2) is 0 Å². The summed E-state index contributed by atoms with van der Waals surface area (Å²) in [5.41, 5.74) is 10.1. The van der Waals surface area contributed by atoms with Crippen LogP contribution in [0.1, 0.15) is 30.7 Å². The quantitative estimate of drug-likeness (QED) is 0.841. The number of aryl methyl sites for hydroxylation is 1. The van der Waals surface area contributed by atoms with Crippen LogP contribution in [0, 0.1) is 13.8 Å². The van der Waals surface area contributed by atoms with Gasteiger partial charge in [-0.3, -0.25) is 9.88 Å². The fraction of sp³-hybridized carbons (Fsp3) is 0.643. The van der Waals surface area contributed by atoms with E-state index in [1.807, 2.05) is 20.0 Å². The van der Waals surface area contributed by atoms with E-state index in [1.54, 1.807) is 7.11 Å². The zero-order valence-corrected chi connectivity index (χ0v) is 12.2. The lowest BCUT2D eigenvalue weighted by atomic mass is 10.1. The van der Waals surface area contributed by atoms with Crippen molar-refractivity contribution in [1.82, 2.24) is 9.88 Å². The van der Waals surface area contributed by atoms with E-state index >= 15 is 0 Å². The molecule has 0 aromatic carbocycles. The summed E-state index contributed by atoms with van der Waals surface area (Å²) in [6, 6.07) is 0.462. The zero-order chi connectivity index (χ0) is 13.7. The second kappa shape index (κ2) is 6.71. The molecule has 4 heteroatoms. The van der Waals surface area contributed by atoms with E-state index in [1.165, 1.54) is 0 Å². The van der Waals surface area contributed by atoms with Gasteiger partial charge in [-0.1, -0.05) is 0 Å². The molecule has 0 spiro atoms. The van der Waals surface area contributed by atoms with Gasteiger partial charge in [0.1, 0.15) is 0 Å². The summed E-state index contributed by atoms with van der Waals surface area (Å²) >= 11 is 0. The average molecular weight is 251 g/mol. The summed E-state index contributed by atoms with van der Waals surface area (Å²) in [4.78, 5) is 6.85. The zero-order valence-electron chi connectivity index (χ0n) is 12.2. The van der Waals surface area contributed by atoms with Crippen molar-refractivity contribution in [2.24, 2.45) is 0 Å². The number of aromatic nitrogens is 1. The molecule has 0 unspecified atom stereocenters. The molecule has 0 saturated carbocycles. The third-order valence-electron chi connectivity index (χ3n) is 3.34. The van der Waals surface area contributed by atoms with Crippen LogP contribution in [0.4, 0.5) is 5.69 Å². The van der Waals surface area contributed by atoms with Gasteiger partial charge in [0.2, 0.25) is 0 Å². The van der Waals surface area contributed by atoms with Gasteiger partial charge in [-0.2, -0.15) is 0 Å². The van der Waals surface area contributed by atoms with Gasteiger partial charge in [-0.05, 0) is 38.8 Å². The molecule has 1 aromatic heterocycles. The van der Waals surface area contributed by atoms with Gasteiger partial charge in [-0.15, -0.1) is 0 Å². The molecule has 0 saturated heterocycles. The smallest absolute Gasteiger partial charge is 0.0593 e. The predicted octanol–water partition coefficient (Wildman–Crippen LogP) is 2.14. The fourth-order valence-corrected chi connectivity index (χ4v) is 1.87. The molecule has 0 aliphatic heterocycles. The average Bonchev–Trinajstić information content (AvgIpc) is 2.33. The van der Waals surface area contributed by atoms with Gasteiger partial charge in [0.05, 0.1) is 12.3 Å². The molecule has 2 N–H and O–H groups in total. The van der Waals surface area contributed by atoms with Crippen LogP contribution in [0.15, 0.2) is 6.20 Å². The van der Waals surface area contributed by atoms with E-state index in [-0.39, 0.29) is 0 Å². The number of nitrogens with zero attached hydrogens (tertiary/aromatic N) is 2. The first kappa shape index (κ1) is 14.9. The third kappa shape index (κ3) is 3.68. The number of ether oxygens (including phenoxy) is 1. The Balaban J connectivity index is 2.84. The lowest BCUT2D eigenvalue weighted by Gasteiger charge is -2.26. The highest BCUT2D eigenvalue weighted by Crippen LogP contribution is 2.19. The van der Waals surface area contributed by atoms with Crippen molar-refractivity contribution < 1.29 is 4.74 Å². The van der Waals surface area contributed by atoms with E-state index in [9.17, 15) is 0 Å². The van der Waals surface area contributed by atoms with E-state index in [4.69, 9.17) is 10.5 Å². The van der Waals surface area contributed by atoms with Crippen LogP contribution in [0.5, 0.6) is 0 Å². The van der Waals surface area contributed by atoms with Crippen molar-refractivity contribution in [3.8, 4) is 0 Å². The maximum atomic E-state index is 6.05. The first-order chi connectivity index (χ1) is 8.47. The molecule has 0 aliphatic carbocycles. The Labute approximate surface area is 110 Å². The number of hydrogen-bond donors (Lipinski definition) is 1. The molecule has 0 bridgehead atoms. The van der Waals surface area contributed by atoms with Crippen molar-refractivity contribution in [3.63, 3.8) is 0 Å². The number of methoxy groups -OCH3 is 1. The van der Waals surface area contributed by atoms with E-state index in [2.05, 4.69) is 23.7 Å². The van der Waals surface area contributed by atoms with Gasteiger partial charge in [0, 0.05) is 38.1 Å². The number of nitrogen functional groups attached to an aromatic ring is 1. The Morgan fingerprint density at radius 3 is 2.61 bits per heavy atom. The maximum absolute atomic E-state index is 6.05. The summed E-state index contributed by atoms with van der Waals surface area (Å²) in [5, 5.41) is 0. The summed E-state index contributed by atoms with van der Waals surface area (Å²) < 4.78 is 5.15. The summed E-state index contributed by atoms with van der Waals surface area (Å²) in [7, 11) is 1.73. The molecule has 1 heterocycles. The molecule has 18 heavy (non-hydrogen) atoms. The van der Waals surface area contributed by atoms with Crippen molar-refractivity contribution in [2.75, 3.05) is 26.0 Å². The molecular weight excluding hydrogens is 226 g/mol. The van der Waals surface area contributed by atoms with Gasteiger partial charge >= 0.3 is 0 Å². The maximum Gasteiger partial charge on any atom is 0.0593 e. The highest BCUT2D eigenvalue weighted by molar-refractivity contribution is 5.53. The van der Waals surface area contributed by atoms with Crippen molar-refractivity contribution in [2.45, 2.75) is 40.3 Å². The number of pyridine rings is 1. The minimum Gasteiger partial charge on any atom is -0.398 e. The van der Waals surface area contributed by atoms with Crippen LogP contribution in [0.2, 0.25) is 0 Å². The Hall–Kier alpha value is -1.13. The van der Waals surface area contributed by atoms with Crippen molar-refractivity contribution in [1.29, 1.82) is 0 Å². The first-order valence-corrected chi connectivity index (χ1v) is 6.40. The van der Waals surface area contributed by atoms with Gasteiger partial charge < -0.3 is 10.5 Å².